The summed E-state index contributed by atoms with van der Waals surface area (Å²) in [5.74, 6) is -1.85. The Bertz CT molecular complexity index is 697. The number of ether oxygens (including phenoxy) is 3. The highest BCUT2D eigenvalue weighted by Crippen LogP contribution is 2.11. The summed E-state index contributed by atoms with van der Waals surface area (Å²) in [7, 11) is 5.35. The van der Waals surface area contributed by atoms with Crippen LogP contribution in [0.2, 0.25) is 0 Å². The van der Waals surface area contributed by atoms with Gasteiger partial charge >= 0.3 is 11.9 Å². The molecule has 220 valence electrons. The number of hydrogen-bond acceptors (Lipinski definition) is 7. The lowest BCUT2D eigenvalue weighted by atomic mass is 10.1. The van der Waals surface area contributed by atoms with Gasteiger partial charge in [0.15, 0.2) is 6.10 Å². The van der Waals surface area contributed by atoms with E-state index in [0.29, 0.717) is 12.8 Å². The first-order valence-corrected chi connectivity index (χ1v) is 14.4. The quantitative estimate of drug-likeness (QED) is 0.0770. The normalized spacial score (nSPS) is 13.6. The highest BCUT2D eigenvalue weighted by Gasteiger charge is 2.25. The highest BCUT2D eigenvalue weighted by atomic mass is 16.6. The Kier molecular flexibility index (Phi) is 21.5. The van der Waals surface area contributed by atoms with E-state index in [9.17, 15) is 19.5 Å². The maximum atomic E-state index is 12.4. The van der Waals surface area contributed by atoms with E-state index in [1.807, 2.05) is 12.2 Å². The molecular weight excluding hydrogens is 486 g/mol. The number of carboxylic acids is 1. The summed E-state index contributed by atoms with van der Waals surface area (Å²) in [4.78, 5) is 36.0. The van der Waals surface area contributed by atoms with Gasteiger partial charge in [-0.3, -0.25) is 9.59 Å². The van der Waals surface area contributed by atoms with Crippen LogP contribution in [0.25, 0.3) is 0 Å². The molecule has 0 aromatic rings. The van der Waals surface area contributed by atoms with Gasteiger partial charge in [0.25, 0.3) is 0 Å². The van der Waals surface area contributed by atoms with Crippen LogP contribution in [0.4, 0.5) is 0 Å². The maximum Gasteiger partial charge on any atom is 0.306 e. The Labute approximate surface area is 231 Å². The largest absolute Gasteiger partial charge is 0.544 e. The number of carbonyl (C=O) groups is 3. The summed E-state index contributed by atoms with van der Waals surface area (Å²) >= 11 is 0. The molecule has 0 saturated heterocycles. The average Bonchev–Trinajstić information content (AvgIpc) is 2.84. The molecule has 0 aromatic heterocycles. The third-order valence-corrected chi connectivity index (χ3v) is 6.12. The monoisotopic (exact) mass is 539 g/mol. The average molecular weight is 540 g/mol. The third-order valence-electron chi connectivity index (χ3n) is 6.12. The summed E-state index contributed by atoms with van der Waals surface area (Å²) in [5, 5.41) is 11.5. The molecule has 0 aromatic carbocycles. The number of aliphatic carboxylic acids is 1. The lowest BCUT2D eigenvalue weighted by molar-refractivity contribution is -0.889. The van der Waals surface area contributed by atoms with Crippen LogP contribution in [-0.2, 0) is 28.6 Å². The highest BCUT2D eigenvalue weighted by molar-refractivity contribution is 5.70. The molecule has 0 saturated carbocycles. The third kappa shape index (κ3) is 20.8. The molecule has 0 N–H and O–H groups in total. The van der Waals surface area contributed by atoms with Gasteiger partial charge < -0.3 is 28.6 Å². The molecule has 0 spiro atoms. The molecule has 8 nitrogen and oxygen atoms in total. The van der Waals surface area contributed by atoms with E-state index in [-0.39, 0.29) is 49.1 Å². The minimum absolute atomic E-state index is 0.0244. The molecule has 0 rings (SSSR count). The molecule has 8 heteroatoms. The summed E-state index contributed by atoms with van der Waals surface area (Å²) in [6.45, 7) is 4.35. The Morgan fingerprint density at radius 1 is 0.816 bits per heavy atom. The van der Waals surface area contributed by atoms with Crippen molar-refractivity contribution in [3.8, 4) is 0 Å². The standard InChI is InChI=1S/C30H53NO7/c1-6-8-10-12-14-16-18-20-28(32)37-25-26(24-36-23-22-27(30(34)35)31(3,4)5)38-29(33)21-19-17-15-13-11-9-7-2/h8,10,14,16,26-27H,6-7,9,11-13,15,17-25H2,1-5H3/b10-8+,16-14+. The van der Waals surface area contributed by atoms with Gasteiger partial charge in [-0.15, -0.1) is 0 Å². The van der Waals surface area contributed by atoms with Gasteiger partial charge in [-0.1, -0.05) is 76.7 Å². The zero-order chi connectivity index (χ0) is 28.7. The van der Waals surface area contributed by atoms with Crippen LogP contribution < -0.4 is 5.11 Å². The van der Waals surface area contributed by atoms with Crippen molar-refractivity contribution < 1.29 is 38.2 Å². The van der Waals surface area contributed by atoms with Gasteiger partial charge in [0, 0.05) is 19.3 Å². The molecule has 2 unspecified atom stereocenters. The van der Waals surface area contributed by atoms with E-state index >= 15 is 0 Å². The first-order chi connectivity index (χ1) is 18.1. The van der Waals surface area contributed by atoms with Crippen molar-refractivity contribution in [1.82, 2.24) is 0 Å². The number of carboxylic acid groups (broad SMARTS) is 1. The number of allylic oxidation sites excluding steroid dienone is 4. The van der Waals surface area contributed by atoms with E-state index in [1.54, 1.807) is 21.1 Å². The first kappa shape index (κ1) is 35.8. The van der Waals surface area contributed by atoms with Crippen molar-refractivity contribution in [2.45, 2.75) is 109 Å². The molecule has 0 aliphatic carbocycles. The van der Waals surface area contributed by atoms with Crippen molar-refractivity contribution in [2.24, 2.45) is 0 Å². The predicted octanol–water partition coefficient (Wildman–Crippen LogP) is 4.51. The van der Waals surface area contributed by atoms with Crippen molar-refractivity contribution in [2.75, 3.05) is 41.0 Å². The SMILES string of the molecule is CC/C=C/C/C=C/CCC(=O)OCC(COCCC(C(=O)[O-])[N+](C)(C)C)OC(=O)CCCCCCCCC. The number of esters is 2. The molecule has 0 amide bonds. The van der Waals surface area contributed by atoms with E-state index in [4.69, 9.17) is 14.2 Å². The Balaban J connectivity index is 4.63. The number of unbranched alkanes of at least 4 members (excludes halogenated alkanes) is 6. The molecule has 0 radical (unpaired) electrons. The molecule has 0 fully saturated rings. The topological polar surface area (TPSA) is 102 Å². The molecule has 0 aliphatic heterocycles. The van der Waals surface area contributed by atoms with Crippen LogP contribution in [0, 0.1) is 0 Å². The van der Waals surface area contributed by atoms with E-state index in [0.717, 1.165) is 32.1 Å². The number of carbonyl (C=O) groups excluding carboxylic acids is 3. The van der Waals surface area contributed by atoms with Crippen molar-refractivity contribution in [3.05, 3.63) is 24.3 Å². The van der Waals surface area contributed by atoms with E-state index in [1.165, 1.54) is 25.7 Å². The van der Waals surface area contributed by atoms with Crippen LogP contribution in [0.15, 0.2) is 24.3 Å². The number of quaternary nitrogens is 1. The van der Waals surface area contributed by atoms with Gasteiger partial charge in [0.1, 0.15) is 12.6 Å². The Hall–Kier alpha value is -2.19. The van der Waals surface area contributed by atoms with Crippen molar-refractivity contribution in [1.29, 1.82) is 0 Å². The van der Waals surface area contributed by atoms with Gasteiger partial charge in [-0.05, 0) is 25.7 Å². The van der Waals surface area contributed by atoms with Gasteiger partial charge in [-0.2, -0.15) is 0 Å². The molecule has 0 aliphatic rings. The van der Waals surface area contributed by atoms with Crippen LogP contribution in [0.1, 0.15) is 97.3 Å². The van der Waals surface area contributed by atoms with Gasteiger partial charge in [0.2, 0.25) is 0 Å². The predicted molar refractivity (Wildman–Crippen MR) is 148 cm³/mol. The number of rotatable bonds is 24. The fourth-order valence-corrected chi connectivity index (χ4v) is 3.83. The van der Waals surface area contributed by atoms with E-state index in [2.05, 4.69) is 26.0 Å². The van der Waals surface area contributed by atoms with Crippen LogP contribution in [0.5, 0.6) is 0 Å². The number of nitrogens with zero attached hydrogens (tertiary/aromatic N) is 1. The second-order valence-electron chi connectivity index (χ2n) is 10.6. The fourth-order valence-electron chi connectivity index (χ4n) is 3.83. The summed E-state index contributed by atoms with van der Waals surface area (Å²) in [6.07, 6.45) is 18.3. The van der Waals surface area contributed by atoms with Gasteiger partial charge in [0.05, 0.1) is 40.3 Å². The van der Waals surface area contributed by atoms with Crippen LogP contribution in [0.3, 0.4) is 0 Å². The van der Waals surface area contributed by atoms with Crippen molar-refractivity contribution in [3.63, 3.8) is 0 Å². The lowest BCUT2D eigenvalue weighted by Crippen LogP contribution is -2.55. The maximum absolute atomic E-state index is 12.4. The summed E-state index contributed by atoms with van der Waals surface area (Å²) in [5.41, 5.74) is 0. The fraction of sp³-hybridized carbons (Fsp3) is 0.767. The molecule has 0 bridgehead atoms. The van der Waals surface area contributed by atoms with Crippen molar-refractivity contribution >= 4 is 17.9 Å². The molecule has 38 heavy (non-hydrogen) atoms. The van der Waals surface area contributed by atoms with E-state index < -0.39 is 18.1 Å². The molecular formula is C30H53NO7. The zero-order valence-electron chi connectivity index (χ0n) is 24.6. The molecule has 0 heterocycles. The lowest BCUT2D eigenvalue weighted by Gasteiger charge is -2.34. The smallest absolute Gasteiger partial charge is 0.306 e. The second kappa shape index (κ2) is 22.8. The summed E-state index contributed by atoms with van der Waals surface area (Å²) < 4.78 is 16.8. The molecule has 2 atom stereocenters. The zero-order valence-corrected chi connectivity index (χ0v) is 24.6. The number of hydrogen-bond donors (Lipinski definition) is 0. The second-order valence-corrected chi connectivity index (χ2v) is 10.6. The first-order valence-electron chi connectivity index (χ1n) is 14.4. The van der Waals surface area contributed by atoms with Crippen LogP contribution in [-0.4, -0.2) is 75.5 Å². The Morgan fingerprint density at radius 2 is 1.47 bits per heavy atom. The minimum Gasteiger partial charge on any atom is -0.544 e. The van der Waals surface area contributed by atoms with Crippen LogP contribution >= 0.6 is 0 Å². The van der Waals surface area contributed by atoms with Gasteiger partial charge in [-0.25, -0.2) is 0 Å². The number of likely N-dealkylation sites (N-methyl/N-ethyl adjacent to an activating group) is 1. The summed E-state index contributed by atoms with van der Waals surface area (Å²) in [6, 6.07) is -0.725. The Morgan fingerprint density at radius 3 is 2.11 bits per heavy atom. The minimum atomic E-state index is -1.14.